The molecule has 2 atom stereocenters. The van der Waals surface area contributed by atoms with E-state index in [1.165, 1.54) is 6.42 Å². The van der Waals surface area contributed by atoms with Crippen molar-refractivity contribution in [3.8, 4) is 0 Å². The van der Waals surface area contributed by atoms with Crippen molar-refractivity contribution in [2.45, 2.75) is 51.4 Å². The summed E-state index contributed by atoms with van der Waals surface area (Å²) in [4.78, 5) is 11.7. The van der Waals surface area contributed by atoms with Crippen molar-refractivity contribution >= 4 is 23.2 Å². The zero-order valence-electron chi connectivity index (χ0n) is 13.2. The number of hydrogen-bond donors (Lipinski definition) is 3. The second-order valence-electron chi connectivity index (χ2n) is 5.91. The van der Waals surface area contributed by atoms with Gasteiger partial charge in [0.15, 0.2) is 10.8 Å². The highest BCUT2D eigenvalue weighted by molar-refractivity contribution is 7.80. The normalized spacial score (nSPS) is 21.2. The Hall–Kier alpha value is -1.84. The predicted molar refractivity (Wildman–Crippen MR) is 85.7 cm³/mol. The number of hydrazine groups is 1. The Morgan fingerprint density at radius 3 is 2.71 bits per heavy atom. The Balaban J connectivity index is 1.74. The molecule has 1 aliphatic rings. The number of rotatable bonds is 3. The first-order chi connectivity index (χ1) is 11.3. The first-order valence-electron chi connectivity index (χ1n) is 7.71. The first-order valence-corrected chi connectivity index (χ1v) is 8.12. The highest BCUT2D eigenvalue weighted by atomic mass is 32.1. The fraction of sp³-hybridized carbons (Fsp3) is 0.643. The number of carbonyl (C=O) groups excluding carboxylic acids is 1. The third kappa shape index (κ3) is 5.36. The van der Waals surface area contributed by atoms with Crippen LogP contribution in [0, 0.1) is 5.92 Å². The molecule has 2 rings (SSSR count). The number of amides is 1. The highest BCUT2D eigenvalue weighted by Crippen LogP contribution is 2.27. The number of carbonyl (C=O) groups is 1. The van der Waals surface area contributed by atoms with E-state index in [2.05, 4.69) is 28.2 Å². The molecule has 1 aromatic rings. The van der Waals surface area contributed by atoms with E-state index in [0.29, 0.717) is 11.0 Å². The summed E-state index contributed by atoms with van der Waals surface area (Å²) >= 11 is 5.12. The van der Waals surface area contributed by atoms with E-state index in [4.69, 9.17) is 12.2 Å². The van der Waals surface area contributed by atoms with Gasteiger partial charge in [0.1, 0.15) is 6.54 Å². The zero-order valence-corrected chi connectivity index (χ0v) is 14.0. The van der Waals surface area contributed by atoms with Crippen molar-refractivity contribution in [1.82, 2.24) is 25.9 Å². The SMILES string of the molecule is CC1CCCCC1NC(=S)NNC(=O)Cn1ccc(C(F)(F)F)n1. The molecule has 0 aromatic carbocycles. The summed E-state index contributed by atoms with van der Waals surface area (Å²) in [5.74, 6) is -0.0493. The third-order valence-corrected chi connectivity index (χ3v) is 4.20. The van der Waals surface area contributed by atoms with Gasteiger partial charge in [0.25, 0.3) is 5.91 Å². The van der Waals surface area contributed by atoms with E-state index in [1.54, 1.807) is 0 Å². The molecule has 1 amide bonds. The van der Waals surface area contributed by atoms with Crippen molar-refractivity contribution in [2.75, 3.05) is 0 Å². The zero-order chi connectivity index (χ0) is 17.7. The molecule has 0 spiro atoms. The summed E-state index contributed by atoms with van der Waals surface area (Å²) < 4.78 is 38.2. The van der Waals surface area contributed by atoms with Crippen LogP contribution in [-0.4, -0.2) is 26.8 Å². The minimum atomic E-state index is -4.53. The predicted octanol–water partition coefficient (Wildman–Crippen LogP) is 1.98. The minimum Gasteiger partial charge on any atom is -0.358 e. The number of halogens is 3. The molecular formula is C14H20F3N5OS. The second-order valence-corrected chi connectivity index (χ2v) is 6.32. The molecule has 0 saturated heterocycles. The van der Waals surface area contributed by atoms with Crippen LogP contribution in [0.1, 0.15) is 38.3 Å². The smallest absolute Gasteiger partial charge is 0.358 e. The molecule has 134 valence electrons. The number of alkyl halides is 3. The average Bonchev–Trinajstić information content (AvgIpc) is 2.96. The second kappa shape index (κ2) is 7.82. The highest BCUT2D eigenvalue weighted by Gasteiger charge is 2.33. The fourth-order valence-electron chi connectivity index (χ4n) is 2.65. The lowest BCUT2D eigenvalue weighted by Crippen LogP contribution is -2.52. The van der Waals surface area contributed by atoms with E-state index in [-0.39, 0.29) is 12.6 Å². The molecule has 1 heterocycles. The van der Waals surface area contributed by atoms with Gasteiger partial charge < -0.3 is 5.32 Å². The summed E-state index contributed by atoms with van der Waals surface area (Å²) in [6.45, 7) is 1.81. The molecule has 10 heteroatoms. The Bertz CT molecular complexity index is 589. The van der Waals surface area contributed by atoms with Crippen LogP contribution in [0.3, 0.4) is 0 Å². The van der Waals surface area contributed by atoms with Crippen LogP contribution < -0.4 is 16.2 Å². The van der Waals surface area contributed by atoms with Crippen molar-refractivity contribution in [3.05, 3.63) is 18.0 Å². The lowest BCUT2D eigenvalue weighted by atomic mass is 9.86. The molecule has 1 fully saturated rings. The molecule has 0 radical (unpaired) electrons. The van der Waals surface area contributed by atoms with E-state index in [1.807, 2.05) is 0 Å². The molecule has 1 saturated carbocycles. The molecule has 2 unspecified atom stereocenters. The standard InChI is InChI=1S/C14H20F3N5OS/c1-9-4-2-3-5-10(9)18-13(24)20-19-12(23)8-22-7-6-11(21-22)14(15,16)17/h6-7,9-10H,2-5,8H2,1H3,(H,19,23)(H2,18,20,24). The number of thiocarbonyl (C=S) groups is 1. The van der Waals surface area contributed by atoms with Crippen LogP contribution in [0.2, 0.25) is 0 Å². The van der Waals surface area contributed by atoms with Gasteiger partial charge in [-0.05, 0) is 37.0 Å². The van der Waals surface area contributed by atoms with Crippen molar-refractivity contribution < 1.29 is 18.0 Å². The topological polar surface area (TPSA) is 71.0 Å². The lowest BCUT2D eigenvalue weighted by molar-refractivity contribution is -0.141. The van der Waals surface area contributed by atoms with Gasteiger partial charge in [-0.2, -0.15) is 18.3 Å². The van der Waals surface area contributed by atoms with E-state index >= 15 is 0 Å². The van der Waals surface area contributed by atoms with Gasteiger partial charge >= 0.3 is 6.18 Å². The van der Waals surface area contributed by atoms with Gasteiger partial charge in [-0.15, -0.1) is 0 Å². The van der Waals surface area contributed by atoms with E-state index in [9.17, 15) is 18.0 Å². The maximum atomic E-state index is 12.4. The van der Waals surface area contributed by atoms with Crippen LogP contribution in [0.5, 0.6) is 0 Å². The lowest BCUT2D eigenvalue weighted by Gasteiger charge is -2.30. The van der Waals surface area contributed by atoms with Crippen LogP contribution in [0.4, 0.5) is 13.2 Å². The molecule has 0 bridgehead atoms. The van der Waals surface area contributed by atoms with Crippen molar-refractivity contribution in [1.29, 1.82) is 0 Å². The Kier molecular flexibility index (Phi) is 6.03. The fourth-order valence-corrected chi connectivity index (χ4v) is 2.85. The largest absolute Gasteiger partial charge is 0.435 e. The van der Waals surface area contributed by atoms with Gasteiger partial charge in [0, 0.05) is 12.2 Å². The van der Waals surface area contributed by atoms with Gasteiger partial charge in [-0.25, -0.2) is 0 Å². The van der Waals surface area contributed by atoms with E-state index < -0.39 is 17.8 Å². The van der Waals surface area contributed by atoms with Gasteiger partial charge in [-0.3, -0.25) is 20.3 Å². The number of aromatic nitrogens is 2. The first kappa shape index (κ1) is 18.5. The van der Waals surface area contributed by atoms with Crippen LogP contribution >= 0.6 is 12.2 Å². The number of nitrogens with zero attached hydrogens (tertiary/aromatic N) is 2. The van der Waals surface area contributed by atoms with Crippen molar-refractivity contribution in [2.24, 2.45) is 5.92 Å². The maximum absolute atomic E-state index is 12.4. The number of hydrogen-bond acceptors (Lipinski definition) is 3. The maximum Gasteiger partial charge on any atom is 0.435 e. The summed E-state index contributed by atoms with van der Waals surface area (Å²) in [6.07, 6.45) is 1.07. The van der Waals surface area contributed by atoms with Crippen LogP contribution in [-0.2, 0) is 17.5 Å². The van der Waals surface area contributed by atoms with Crippen molar-refractivity contribution in [3.63, 3.8) is 0 Å². The number of nitrogens with one attached hydrogen (secondary N) is 3. The van der Waals surface area contributed by atoms with Gasteiger partial charge in [0.05, 0.1) is 0 Å². The minimum absolute atomic E-state index is 0.260. The molecule has 24 heavy (non-hydrogen) atoms. The quantitative estimate of drug-likeness (QED) is 0.566. The summed E-state index contributed by atoms with van der Waals surface area (Å²) in [5.41, 5.74) is 3.88. The average molecular weight is 363 g/mol. The third-order valence-electron chi connectivity index (χ3n) is 3.98. The summed E-state index contributed by atoms with van der Waals surface area (Å²) in [7, 11) is 0. The van der Waals surface area contributed by atoms with Gasteiger partial charge in [-0.1, -0.05) is 19.8 Å². The molecule has 1 aliphatic carbocycles. The molecule has 0 aliphatic heterocycles. The molecule has 3 N–H and O–H groups in total. The monoisotopic (exact) mass is 363 g/mol. The Morgan fingerprint density at radius 1 is 1.38 bits per heavy atom. The summed E-state index contributed by atoms with van der Waals surface area (Å²) in [5, 5.41) is 6.74. The molecule has 6 nitrogen and oxygen atoms in total. The molecular weight excluding hydrogens is 343 g/mol. The van der Waals surface area contributed by atoms with Crippen LogP contribution in [0.15, 0.2) is 12.3 Å². The van der Waals surface area contributed by atoms with E-state index in [0.717, 1.165) is 36.2 Å². The molecule has 1 aromatic heterocycles. The Morgan fingerprint density at radius 2 is 2.08 bits per heavy atom. The summed E-state index contributed by atoms with van der Waals surface area (Å²) in [6, 6.07) is 1.08. The van der Waals surface area contributed by atoms with Crippen LogP contribution in [0.25, 0.3) is 0 Å². The Labute approximate surface area is 143 Å². The van der Waals surface area contributed by atoms with Gasteiger partial charge in [0.2, 0.25) is 0 Å².